The fourth-order valence-electron chi connectivity index (χ4n) is 3.37. The van der Waals surface area contributed by atoms with Crippen LogP contribution in [-0.2, 0) is 10.3 Å². The molecule has 1 unspecified atom stereocenters. The van der Waals surface area contributed by atoms with Gasteiger partial charge in [0.2, 0.25) is 0 Å². The van der Waals surface area contributed by atoms with Gasteiger partial charge in [0.15, 0.2) is 0 Å². The predicted molar refractivity (Wildman–Crippen MR) is 93.6 cm³/mol. The van der Waals surface area contributed by atoms with Gasteiger partial charge < -0.3 is 4.74 Å². The zero-order valence-electron chi connectivity index (χ0n) is 14.2. The Morgan fingerprint density at radius 2 is 1.77 bits per heavy atom. The van der Waals surface area contributed by atoms with E-state index >= 15 is 0 Å². The highest BCUT2D eigenvalue weighted by Gasteiger charge is 2.43. The molecule has 2 nitrogen and oxygen atoms in total. The van der Waals surface area contributed by atoms with Crippen LogP contribution in [-0.4, -0.2) is 24.6 Å². The van der Waals surface area contributed by atoms with Gasteiger partial charge in [-0.1, -0.05) is 56.3 Å². The van der Waals surface area contributed by atoms with Crippen LogP contribution in [0.3, 0.4) is 0 Å². The Balaban J connectivity index is 2.67. The second kappa shape index (κ2) is 6.97. The van der Waals surface area contributed by atoms with Crippen LogP contribution in [0.1, 0.15) is 33.3 Å². The van der Waals surface area contributed by atoms with Crippen LogP contribution in [0, 0.1) is 0 Å². The molecule has 0 bridgehead atoms. The molecule has 1 atom stereocenters. The maximum atomic E-state index is 5.82. The van der Waals surface area contributed by atoms with E-state index in [0.717, 1.165) is 24.4 Å². The standard InChI is InChI=1S/C20H27NO/c1-6-21(7-2)20(17-12-10-9-11-13-17)15-18(22-8-3)14-19(20)16(4)5/h9-15H,4,6-8H2,1-3,5H3. The molecule has 1 aromatic rings. The Kier molecular flexibility index (Phi) is 5.25. The van der Waals surface area contributed by atoms with Crippen molar-refractivity contribution in [1.29, 1.82) is 0 Å². The monoisotopic (exact) mass is 297 g/mol. The molecule has 0 saturated heterocycles. The smallest absolute Gasteiger partial charge is 0.118 e. The average Bonchev–Trinajstić information content (AvgIpc) is 2.90. The van der Waals surface area contributed by atoms with Gasteiger partial charge in [0, 0.05) is 0 Å². The molecular formula is C20H27NO. The van der Waals surface area contributed by atoms with E-state index in [9.17, 15) is 0 Å². The second-order valence-electron chi connectivity index (χ2n) is 5.62. The first-order valence-electron chi connectivity index (χ1n) is 8.14. The Labute approximate surface area is 134 Å². The third-order valence-electron chi connectivity index (χ3n) is 4.30. The first-order chi connectivity index (χ1) is 10.6. The molecule has 0 radical (unpaired) electrons. The lowest BCUT2D eigenvalue weighted by Crippen LogP contribution is -2.45. The lowest BCUT2D eigenvalue weighted by Gasteiger charge is -2.42. The third kappa shape index (κ3) is 2.76. The molecule has 0 amide bonds. The molecule has 22 heavy (non-hydrogen) atoms. The molecular weight excluding hydrogens is 270 g/mol. The minimum absolute atomic E-state index is 0.277. The molecule has 1 aliphatic carbocycles. The van der Waals surface area contributed by atoms with E-state index in [1.54, 1.807) is 0 Å². The molecule has 1 aromatic carbocycles. The van der Waals surface area contributed by atoms with Crippen LogP contribution in [0.4, 0.5) is 0 Å². The van der Waals surface area contributed by atoms with Gasteiger partial charge in [-0.15, -0.1) is 0 Å². The van der Waals surface area contributed by atoms with Crippen LogP contribution in [0.15, 0.2) is 66.0 Å². The third-order valence-corrected chi connectivity index (χ3v) is 4.30. The Morgan fingerprint density at radius 1 is 1.14 bits per heavy atom. The van der Waals surface area contributed by atoms with Gasteiger partial charge in [0.25, 0.3) is 0 Å². The number of hydrogen-bond acceptors (Lipinski definition) is 2. The number of hydrogen-bond donors (Lipinski definition) is 0. The summed E-state index contributed by atoms with van der Waals surface area (Å²) in [6.07, 6.45) is 4.40. The Bertz CT molecular complexity index is 581. The molecule has 118 valence electrons. The highest BCUT2D eigenvalue weighted by Crippen LogP contribution is 2.45. The van der Waals surface area contributed by atoms with E-state index in [1.165, 1.54) is 11.1 Å². The molecule has 1 aliphatic rings. The van der Waals surface area contributed by atoms with Crippen LogP contribution in [0.25, 0.3) is 0 Å². The summed E-state index contributed by atoms with van der Waals surface area (Å²) in [6.45, 7) is 15.3. The predicted octanol–water partition coefficient (Wildman–Crippen LogP) is 4.66. The topological polar surface area (TPSA) is 12.5 Å². The van der Waals surface area contributed by atoms with E-state index in [4.69, 9.17) is 4.74 Å². The van der Waals surface area contributed by atoms with Crippen molar-refractivity contribution in [3.8, 4) is 0 Å². The van der Waals surface area contributed by atoms with Crippen LogP contribution < -0.4 is 0 Å². The molecule has 0 aromatic heterocycles. The molecule has 0 spiro atoms. The molecule has 0 heterocycles. The number of benzene rings is 1. The molecule has 2 heteroatoms. The van der Waals surface area contributed by atoms with Gasteiger partial charge in [-0.3, -0.25) is 4.90 Å². The lowest BCUT2D eigenvalue weighted by atomic mass is 9.80. The second-order valence-corrected chi connectivity index (χ2v) is 5.62. The SMILES string of the molecule is C=C(C)C1=CC(OCC)=CC1(c1ccccc1)N(CC)CC. The van der Waals surface area contributed by atoms with E-state index < -0.39 is 0 Å². The summed E-state index contributed by atoms with van der Waals surface area (Å²) in [5.74, 6) is 0.941. The first kappa shape index (κ1) is 16.6. The number of likely N-dealkylation sites (N-methyl/N-ethyl adjacent to an activating group) is 1. The average molecular weight is 297 g/mol. The van der Waals surface area contributed by atoms with Gasteiger partial charge in [0.05, 0.1) is 12.1 Å². The van der Waals surface area contributed by atoms with Crippen molar-refractivity contribution in [2.75, 3.05) is 19.7 Å². The van der Waals surface area contributed by atoms with Crippen molar-refractivity contribution < 1.29 is 4.74 Å². The van der Waals surface area contributed by atoms with Gasteiger partial charge in [0.1, 0.15) is 5.76 Å². The van der Waals surface area contributed by atoms with E-state index in [1.807, 2.05) is 6.92 Å². The highest BCUT2D eigenvalue weighted by molar-refractivity contribution is 5.56. The Hall–Kier alpha value is -1.80. The summed E-state index contributed by atoms with van der Waals surface area (Å²) in [5.41, 5.74) is 3.30. The first-order valence-corrected chi connectivity index (χ1v) is 8.14. The zero-order valence-corrected chi connectivity index (χ0v) is 14.2. The van der Waals surface area contributed by atoms with Crippen LogP contribution >= 0.6 is 0 Å². The van der Waals surface area contributed by atoms with Crippen LogP contribution in [0.2, 0.25) is 0 Å². The lowest BCUT2D eigenvalue weighted by molar-refractivity contribution is 0.178. The molecule has 0 aliphatic heterocycles. The summed E-state index contributed by atoms with van der Waals surface area (Å²) >= 11 is 0. The quantitative estimate of drug-likeness (QED) is 0.725. The largest absolute Gasteiger partial charge is 0.494 e. The van der Waals surface area contributed by atoms with Gasteiger partial charge in [-0.25, -0.2) is 0 Å². The van der Waals surface area contributed by atoms with Crippen molar-refractivity contribution >= 4 is 0 Å². The number of nitrogens with zero attached hydrogens (tertiary/aromatic N) is 1. The van der Waals surface area contributed by atoms with E-state index in [-0.39, 0.29) is 5.54 Å². The van der Waals surface area contributed by atoms with Crippen molar-refractivity contribution in [2.45, 2.75) is 33.2 Å². The zero-order chi connectivity index (χ0) is 16.2. The molecule has 0 N–H and O–H groups in total. The van der Waals surface area contributed by atoms with Crippen molar-refractivity contribution in [1.82, 2.24) is 4.90 Å². The van der Waals surface area contributed by atoms with E-state index in [2.05, 4.69) is 74.7 Å². The molecule has 0 saturated carbocycles. The maximum absolute atomic E-state index is 5.82. The van der Waals surface area contributed by atoms with Gasteiger partial charge >= 0.3 is 0 Å². The van der Waals surface area contributed by atoms with E-state index in [0.29, 0.717) is 6.61 Å². The van der Waals surface area contributed by atoms with Crippen molar-refractivity contribution in [2.24, 2.45) is 0 Å². The fourth-order valence-corrected chi connectivity index (χ4v) is 3.37. The minimum atomic E-state index is -0.277. The molecule has 0 fully saturated rings. The van der Waals surface area contributed by atoms with Crippen molar-refractivity contribution in [3.05, 3.63) is 71.5 Å². The Morgan fingerprint density at radius 3 is 2.27 bits per heavy atom. The summed E-state index contributed by atoms with van der Waals surface area (Å²) < 4.78 is 5.82. The van der Waals surface area contributed by atoms with Crippen molar-refractivity contribution in [3.63, 3.8) is 0 Å². The normalized spacial score (nSPS) is 20.8. The minimum Gasteiger partial charge on any atom is -0.494 e. The van der Waals surface area contributed by atoms with Gasteiger partial charge in [-0.2, -0.15) is 0 Å². The fraction of sp³-hybridized carbons (Fsp3) is 0.400. The summed E-state index contributed by atoms with van der Waals surface area (Å²) in [4.78, 5) is 2.47. The summed E-state index contributed by atoms with van der Waals surface area (Å²) in [6, 6.07) is 10.7. The number of allylic oxidation sites excluding steroid dienone is 1. The van der Waals surface area contributed by atoms with Crippen LogP contribution in [0.5, 0.6) is 0 Å². The summed E-state index contributed by atoms with van der Waals surface area (Å²) in [7, 11) is 0. The maximum Gasteiger partial charge on any atom is 0.118 e. The summed E-state index contributed by atoms with van der Waals surface area (Å²) in [5, 5.41) is 0. The highest BCUT2D eigenvalue weighted by atomic mass is 16.5. The molecule has 2 rings (SSSR count). The number of ether oxygens (including phenoxy) is 1. The number of rotatable bonds is 7. The van der Waals surface area contributed by atoms with Gasteiger partial charge in [-0.05, 0) is 50.2 Å².